The predicted octanol–water partition coefficient (Wildman–Crippen LogP) is 2.20. The molecule has 19 heavy (non-hydrogen) atoms. The number of carbonyl (C=O) groups is 2. The Kier molecular flexibility index (Phi) is 4.09. The Morgan fingerprint density at radius 1 is 1.47 bits per heavy atom. The highest BCUT2D eigenvalue weighted by Crippen LogP contribution is 2.33. The van der Waals surface area contributed by atoms with Gasteiger partial charge in [0, 0.05) is 5.75 Å². The van der Waals surface area contributed by atoms with E-state index in [0.29, 0.717) is 12.2 Å². The molecule has 2 unspecified atom stereocenters. The zero-order valence-electron chi connectivity index (χ0n) is 10.4. The van der Waals surface area contributed by atoms with Gasteiger partial charge in [0.1, 0.15) is 11.9 Å². The van der Waals surface area contributed by atoms with E-state index in [4.69, 9.17) is 5.11 Å². The normalized spacial score (nSPS) is 22.5. The molecule has 1 aliphatic rings. The minimum atomic E-state index is -1.05. The lowest BCUT2D eigenvalue weighted by molar-refractivity contribution is -0.141. The van der Waals surface area contributed by atoms with Gasteiger partial charge >= 0.3 is 5.97 Å². The minimum absolute atomic E-state index is 0.0744. The molecule has 102 valence electrons. The number of thioether (sulfide) groups is 1. The minimum Gasteiger partial charge on any atom is -0.480 e. The van der Waals surface area contributed by atoms with Crippen molar-refractivity contribution in [1.29, 1.82) is 0 Å². The van der Waals surface area contributed by atoms with Crippen molar-refractivity contribution in [3.63, 3.8) is 0 Å². The number of carboxylic acid groups (broad SMARTS) is 1. The fraction of sp³-hybridized carbons (Fsp3) is 0.385. The van der Waals surface area contributed by atoms with Crippen molar-refractivity contribution in [2.75, 3.05) is 5.75 Å². The Bertz CT molecular complexity index is 508. The number of rotatable bonds is 3. The van der Waals surface area contributed by atoms with Gasteiger partial charge in [-0.05, 0) is 18.6 Å². The molecule has 6 heteroatoms. The highest BCUT2D eigenvalue weighted by atomic mass is 32.2. The van der Waals surface area contributed by atoms with Crippen molar-refractivity contribution in [3.8, 4) is 0 Å². The number of benzene rings is 1. The summed E-state index contributed by atoms with van der Waals surface area (Å²) in [4.78, 5) is 24.8. The van der Waals surface area contributed by atoms with Crippen LogP contribution < -0.4 is 0 Å². The van der Waals surface area contributed by atoms with Crippen molar-refractivity contribution in [2.24, 2.45) is 0 Å². The molecule has 1 aromatic carbocycles. The molecule has 0 bridgehead atoms. The van der Waals surface area contributed by atoms with E-state index in [9.17, 15) is 14.0 Å². The van der Waals surface area contributed by atoms with E-state index >= 15 is 0 Å². The first kappa shape index (κ1) is 13.9. The summed E-state index contributed by atoms with van der Waals surface area (Å²) >= 11 is 1.42. The molecule has 1 saturated heterocycles. The molecular formula is C13H14FNO3S. The van der Waals surface area contributed by atoms with E-state index in [0.717, 1.165) is 0 Å². The Hall–Kier alpha value is -1.56. The number of halogens is 1. The lowest BCUT2D eigenvalue weighted by Crippen LogP contribution is -2.45. The topological polar surface area (TPSA) is 57.6 Å². The number of carboxylic acids is 1. The summed E-state index contributed by atoms with van der Waals surface area (Å²) in [6.07, 6.45) is 0.634. The first-order valence-electron chi connectivity index (χ1n) is 5.97. The van der Waals surface area contributed by atoms with Gasteiger partial charge in [-0.25, -0.2) is 9.18 Å². The van der Waals surface area contributed by atoms with Crippen molar-refractivity contribution in [2.45, 2.75) is 24.8 Å². The summed E-state index contributed by atoms with van der Waals surface area (Å²) in [7, 11) is 0. The first-order chi connectivity index (χ1) is 9.06. The third-order valence-corrected chi connectivity index (χ3v) is 4.52. The molecule has 0 spiro atoms. The van der Waals surface area contributed by atoms with Crippen LogP contribution in [0.15, 0.2) is 24.3 Å². The average molecular weight is 283 g/mol. The van der Waals surface area contributed by atoms with Crippen molar-refractivity contribution in [3.05, 3.63) is 35.6 Å². The molecular weight excluding hydrogens is 269 g/mol. The summed E-state index contributed by atoms with van der Waals surface area (Å²) in [6.45, 7) is 1.88. The molecule has 2 atom stereocenters. The van der Waals surface area contributed by atoms with Crippen LogP contribution in [-0.2, 0) is 4.79 Å². The van der Waals surface area contributed by atoms with Gasteiger partial charge in [0.05, 0.1) is 10.9 Å². The lowest BCUT2D eigenvalue weighted by Gasteiger charge is -2.26. The van der Waals surface area contributed by atoms with Crippen LogP contribution in [0.4, 0.5) is 4.39 Å². The molecule has 1 N–H and O–H groups in total. The number of amides is 1. The monoisotopic (exact) mass is 283 g/mol. The maximum atomic E-state index is 13.7. The Morgan fingerprint density at radius 2 is 2.16 bits per heavy atom. The van der Waals surface area contributed by atoms with Gasteiger partial charge in [-0.2, -0.15) is 0 Å². The molecule has 0 aromatic heterocycles. The zero-order chi connectivity index (χ0) is 14.0. The highest BCUT2D eigenvalue weighted by molar-refractivity contribution is 8.00. The number of nitrogens with zero attached hydrogens (tertiary/aromatic N) is 1. The second-order valence-electron chi connectivity index (χ2n) is 4.24. The van der Waals surface area contributed by atoms with Gasteiger partial charge in [0.2, 0.25) is 0 Å². The van der Waals surface area contributed by atoms with Crippen molar-refractivity contribution in [1.82, 2.24) is 4.90 Å². The molecule has 0 aliphatic carbocycles. The van der Waals surface area contributed by atoms with E-state index in [2.05, 4.69) is 0 Å². The van der Waals surface area contributed by atoms with Crippen LogP contribution in [-0.4, -0.2) is 39.1 Å². The first-order valence-corrected chi connectivity index (χ1v) is 7.02. The lowest BCUT2D eigenvalue weighted by atomic mass is 10.1. The van der Waals surface area contributed by atoms with E-state index in [1.165, 1.54) is 34.9 Å². The predicted molar refractivity (Wildman–Crippen MR) is 70.5 cm³/mol. The Balaban J connectivity index is 2.34. The Morgan fingerprint density at radius 3 is 2.74 bits per heavy atom. The number of aliphatic carboxylic acids is 1. The van der Waals surface area contributed by atoms with Crippen LogP contribution in [0.1, 0.15) is 23.7 Å². The average Bonchev–Trinajstić information content (AvgIpc) is 2.82. The molecule has 1 fully saturated rings. The van der Waals surface area contributed by atoms with Crippen LogP contribution in [0.2, 0.25) is 0 Å². The van der Waals surface area contributed by atoms with Gasteiger partial charge in [-0.1, -0.05) is 19.1 Å². The molecule has 1 aromatic rings. The van der Waals surface area contributed by atoms with Crippen LogP contribution >= 0.6 is 11.8 Å². The molecule has 4 nitrogen and oxygen atoms in total. The standard InChI is InChI=1S/C13H14FNO3S/c1-2-11-15(10(7-19-11)13(17)18)12(16)8-5-3-4-6-9(8)14/h3-6,10-11H,2,7H2,1H3,(H,17,18). The fourth-order valence-corrected chi connectivity index (χ4v) is 3.46. The van der Waals surface area contributed by atoms with E-state index in [-0.39, 0.29) is 10.9 Å². The molecule has 1 amide bonds. The fourth-order valence-electron chi connectivity index (χ4n) is 2.11. The molecule has 1 aliphatic heterocycles. The van der Waals surface area contributed by atoms with E-state index in [1.807, 2.05) is 6.92 Å². The van der Waals surface area contributed by atoms with E-state index < -0.39 is 23.7 Å². The van der Waals surface area contributed by atoms with Gasteiger partial charge in [0.25, 0.3) is 5.91 Å². The van der Waals surface area contributed by atoms with Gasteiger partial charge < -0.3 is 10.0 Å². The van der Waals surface area contributed by atoms with Crippen molar-refractivity contribution >= 4 is 23.6 Å². The largest absolute Gasteiger partial charge is 0.480 e. The van der Waals surface area contributed by atoms with Crippen LogP contribution in [0, 0.1) is 5.82 Å². The summed E-state index contributed by atoms with van der Waals surface area (Å²) in [5.74, 6) is -1.88. The van der Waals surface area contributed by atoms with Crippen LogP contribution in [0.5, 0.6) is 0 Å². The van der Waals surface area contributed by atoms with Gasteiger partial charge in [-0.15, -0.1) is 11.8 Å². The smallest absolute Gasteiger partial charge is 0.327 e. The summed E-state index contributed by atoms with van der Waals surface area (Å²) < 4.78 is 13.7. The molecule has 0 radical (unpaired) electrons. The number of hydrogen-bond donors (Lipinski definition) is 1. The van der Waals surface area contributed by atoms with Crippen molar-refractivity contribution < 1.29 is 19.1 Å². The maximum Gasteiger partial charge on any atom is 0.327 e. The second kappa shape index (κ2) is 5.61. The molecule has 1 heterocycles. The number of hydrogen-bond acceptors (Lipinski definition) is 3. The Labute approximate surface area is 114 Å². The summed E-state index contributed by atoms with van der Waals surface area (Å²) in [6, 6.07) is 4.76. The van der Waals surface area contributed by atoms with E-state index in [1.54, 1.807) is 6.07 Å². The van der Waals surface area contributed by atoms with Gasteiger partial charge in [0.15, 0.2) is 0 Å². The number of carbonyl (C=O) groups excluding carboxylic acids is 1. The summed E-state index contributed by atoms with van der Waals surface area (Å²) in [5, 5.41) is 8.95. The highest BCUT2D eigenvalue weighted by Gasteiger charge is 2.41. The van der Waals surface area contributed by atoms with Crippen LogP contribution in [0.3, 0.4) is 0 Å². The van der Waals surface area contributed by atoms with Gasteiger partial charge in [-0.3, -0.25) is 4.79 Å². The SMILES string of the molecule is CCC1SCC(C(=O)O)N1C(=O)c1ccccc1F. The van der Waals surface area contributed by atoms with Crippen LogP contribution in [0.25, 0.3) is 0 Å². The molecule has 0 saturated carbocycles. The second-order valence-corrected chi connectivity index (χ2v) is 5.45. The summed E-state index contributed by atoms with van der Waals surface area (Å²) in [5.41, 5.74) is -0.0744. The molecule has 2 rings (SSSR count). The quantitative estimate of drug-likeness (QED) is 0.924. The third-order valence-electron chi connectivity index (χ3n) is 3.07. The zero-order valence-corrected chi connectivity index (χ0v) is 11.2. The maximum absolute atomic E-state index is 13.7. The third kappa shape index (κ3) is 2.58.